The molecule has 2 saturated heterocycles. The molecule has 1 aromatic carbocycles. The fraction of sp³-hybridized carbons (Fsp3) is 0.381. The van der Waals surface area contributed by atoms with Gasteiger partial charge in [0.2, 0.25) is 0 Å². The number of thioether (sulfide) groups is 1. The van der Waals surface area contributed by atoms with E-state index in [1.165, 1.54) is 31.0 Å². The Kier molecular flexibility index (Phi) is 5.55. The first kappa shape index (κ1) is 19.2. The number of amides is 1. The topological polar surface area (TPSA) is 41.4 Å². The highest BCUT2D eigenvalue weighted by molar-refractivity contribution is 8.26. The minimum Gasteiger partial charge on any atom is -0.356 e. The van der Waals surface area contributed by atoms with Gasteiger partial charge in [0.15, 0.2) is 0 Å². The summed E-state index contributed by atoms with van der Waals surface area (Å²) in [4.78, 5) is 17.5. The van der Waals surface area contributed by atoms with Crippen LogP contribution in [0.2, 0.25) is 0 Å². The molecule has 0 saturated carbocycles. The maximum absolute atomic E-state index is 12.7. The quantitative estimate of drug-likeness (QED) is 0.550. The molecular formula is C21H24N4OS2. The fourth-order valence-electron chi connectivity index (χ4n) is 3.76. The van der Waals surface area contributed by atoms with Gasteiger partial charge in [-0.1, -0.05) is 42.2 Å². The largest absolute Gasteiger partial charge is 0.356 e. The molecule has 0 atom stereocenters. The van der Waals surface area contributed by atoms with E-state index in [0.29, 0.717) is 15.8 Å². The third kappa shape index (κ3) is 3.49. The molecule has 2 aromatic rings. The molecule has 2 aliphatic heterocycles. The zero-order valence-corrected chi connectivity index (χ0v) is 17.9. The standard InChI is InChI=1S/C21H24N4OS2/c1-3-24-20(26)18(28-21(24)27)14-17-15(2)22-25(16-10-6-4-7-11-16)19(17)23-12-8-5-9-13-23/h4,6-7,10-11,14H,3,5,8-9,12-13H2,1-2H3. The molecule has 0 spiro atoms. The van der Waals surface area contributed by atoms with Crippen molar-refractivity contribution in [2.24, 2.45) is 0 Å². The third-order valence-electron chi connectivity index (χ3n) is 5.20. The molecule has 5 nitrogen and oxygen atoms in total. The summed E-state index contributed by atoms with van der Waals surface area (Å²) in [6.07, 6.45) is 5.60. The van der Waals surface area contributed by atoms with Crippen molar-refractivity contribution in [3.05, 3.63) is 46.5 Å². The number of carbonyl (C=O) groups excluding carboxylic acids is 1. The molecule has 1 amide bonds. The molecule has 2 aliphatic rings. The number of piperidine rings is 1. The van der Waals surface area contributed by atoms with Crippen molar-refractivity contribution in [2.45, 2.75) is 33.1 Å². The second-order valence-corrected chi connectivity index (χ2v) is 8.72. The van der Waals surface area contributed by atoms with Crippen molar-refractivity contribution >= 4 is 46.1 Å². The van der Waals surface area contributed by atoms with E-state index in [1.54, 1.807) is 4.90 Å². The molecule has 0 bridgehead atoms. The molecular weight excluding hydrogens is 388 g/mol. The van der Waals surface area contributed by atoms with Crippen molar-refractivity contribution in [3.8, 4) is 5.69 Å². The number of nitrogens with zero attached hydrogens (tertiary/aromatic N) is 4. The van der Waals surface area contributed by atoms with Crippen LogP contribution in [-0.4, -0.2) is 44.5 Å². The minimum atomic E-state index is -0.00560. The summed E-state index contributed by atoms with van der Waals surface area (Å²) in [6.45, 7) is 6.58. The smallest absolute Gasteiger partial charge is 0.266 e. The van der Waals surface area contributed by atoms with E-state index >= 15 is 0 Å². The van der Waals surface area contributed by atoms with Crippen LogP contribution in [0, 0.1) is 6.92 Å². The van der Waals surface area contributed by atoms with Gasteiger partial charge in [0.05, 0.1) is 16.3 Å². The number of hydrogen-bond donors (Lipinski definition) is 0. The lowest BCUT2D eigenvalue weighted by molar-refractivity contribution is -0.121. The Morgan fingerprint density at radius 2 is 1.89 bits per heavy atom. The van der Waals surface area contributed by atoms with Gasteiger partial charge < -0.3 is 4.90 Å². The Hall–Kier alpha value is -2.12. The Balaban J connectivity index is 1.83. The lowest BCUT2D eigenvalue weighted by atomic mass is 10.1. The van der Waals surface area contributed by atoms with Crippen LogP contribution < -0.4 is 4.90 Å². The number of hydrogen-bond acceptors (Lipinski definition) is 5. The van der Waals surface area contributed by atoms with E-state index in [2.05, 4.69) is 17.0 Å². The zero-order valence-electron chi connectivity index (χ0n) is 16.2. The highest BCUT2D eigenvalue weighted by atomic mass is 32.2. The minimum absolute atomic E-state index is 0.00560. The van der Waals surface area contributed by atoms with Crippen LogP contribution in [0.1, 0.15) is 37.4 Å². The highest BCUT2D eigenvalue weighted by Crippen LogP contribution is 2.37. The van der Waals surface area contributed by atoms with Gasteiger partial charge in [-0.2, -0.15) is 5.10 Å². The van der Waals surface area contributed by atoms with E-state index in [1.807, 2.05) is 42.8 Å². The molecule has 2 fully saturated rings. The van der Waals surface area contributed by atoms with Crippen LogP contribution in [0.25, 0.3) is 11.8 Å². The van der Waals surface area contributed by atoms with E-state index in [4.69, 9.17) is 17.3 Å². The van der Waals surface area contributed by atoms with Crippen LogP contribution in [-0.2, 0) is 4.79 Å². The molecule has 3 heterocycles. The van der Waals surface area contributed by atoms with Crippen molar-refractivity contribution in [1.82, 2.24) is 14.7 Å². The van der Waals surface area contributed by atoms with Gasteiger partial charge in [-0.05, 0) is 51.3 Å². The van der Waals surface area contributed by atoms with Gasteiger partial charge in [0.1, 0.15) is 10.1 Å². The maximum Gasteiger partial charge on any atom is 0.266 e. The van der Waals surface area contributed by atoms with Crippen molar-refractivity contribution in [3.63, 3.8) is 0 Å². The van der Waals surface area contributed by atoms with Crippen LogP contribution in [0.15, 0.2) is 35.2 Å². The molecule has 7 heteroatoms. The van der Waals surface area contributed by atoms with Crippen molar-refractivity contribution in [1.29, 1.82) is 0 Å². The van der Waals surface area contributed by atoms with Crippen molar-refractivity contribution in [2.75, 3.05) is 24.5 Å². The lowest BCUT2D eigenvalue weighted by Crippen LogP contribution is -2.31. The number of carbonyl (C=O) groups is 1. The number of likely N-dealkylation sites (N-methyl/N-ethyl adjacent to an activating group) is 1. The maximum atomic E-state index is 12.7. The monoisotopic (exact) mass is 412 g/mol. The predicted molar refractivity (Wildman–Crippen MR) is 120 cm³/mol. The Bertz CT molecular complexity index is 929. The zero-order chi connectivity index (χ0) is 19.7. The molecule has 28 heavy (non-hydrogen) atoms. The van der Waals surface area contributed by atoms with E-state index < -0.39 is 0 Å². The number of aromatic nitrogens is 2. The average Bonchev–Trinajstić information content (AvgIpc) is 3.19. The number of anilines is 1. The summed E-state index contributed by atoms with van der Waals surface area (Å²) in [7, 11) is 0. The summed E-state index contributed by atoms with van der Waals surface area (Å²) in [5.74, 6) is 1.07. The first-order valence-corrected chi connectivity index (χ1v) is 11.0. The first-order chi connectivity index (χ1) is 13.6. The normalized spacial score (nSPS) is 19.1. The molecule has 0 radical (unpaired) electrons. The Morgan fingerprint density at radius 3 is 2.54 bits per heavy atom. The van der Waals surface area contributed by atoms with Gasteiger partial charge in [0, 0.05) is 25.2 Å². The third-order valence-corrected chi connectivity index (χ3v) is 6.58. The summed E-state index contributed by atoms with van der Waals surface area (Å²) in [5, 5.41) is 4.84. The van der Waals surface area contributed by atoms with Gasteiger partial charge in [-0.25, -0.2) is 4.68 Å². The number of thiocarbonyl (C=S) groups is 1. The lowest BCUT2D eigenvalue weighted by Gasteiger charge is -2.30. The van der Waals surface area contributed by atoms with Gasteiger partial charge >= 0.3 is 0 Å². The van der Waals surface area contributed by atoms with Crippen LogP contribution >= 0.6 is 24.0 Å². The Morgan fingerprint density at radius 1 is 1.18 bits per heavy atom. The van der Waals surface area contributed by atoms with Gasteiger partial charge in [0.25, 0.3) is 5.91 Å². The second kappa shape index (κ2) is 8.09. The van der Waals surface area contributed by atoms with E-state index in [-0.39, 0.29) is 5.91 Å². The van der Waals surface area contributed by atoms with Crippen LogP contribution in [0.4, 0.5) is 5.82 Å². The van der Waals surface area contributed by atoms with Crippen molar-refractivity contribution < 1.29 is 4.79 Å². The fourth-order valence-corrected chi connectivity index (χ4v) is 5.13. The number of benzene rings is 1. The molecule has 1 aromatic heterocycles. The highest BCUT2D eigenvalue weighted by Gasteiger charge is 2.32. The van der Waals surface area contributed by atoms with Gasteiger partial charge in [-0.3, -0.25) is 9.69 Å². The van der Waals surface area contributed by atoms with Crippen LogP contribution in [0.3, 0.4) is 0 Å². The second-order valence-electron chi connectivity index (χ2n) is 7.04. The van der Waals surface area contributed by atoms with Gasteiger partial charge in [-0.15, -0.1) is 0 Å². The molecule has 0 unspecified atom stereocenters. The summed E-state index contributed by atoms with van der Waals surface area (Å²) < 4.78 is 2.65. The summed E-state index contributed by atoms with van der Waals surface area (Å²) in [5.41, 5.74) is 2.97. The predicted octanol–water partition coefficient (Wildman–Crippen LogP) is 4.39. The Labute approximate surface area is 175 Å². The summed E-state index contributed by atoms with van der Waals surface area (Å²) >= 11 is 6.76. The molecule has 0 N–H and O–H groups in total. The van der Waals surface area contributed by atoms with E-state index in [9.17, 15) is 4.79 Å². The first-order valence-electron chi connectivity index (χ1n) is 9.75. The SMILES string of the molecule is CCN1C(=O)C(=Cc2c(C)nn(-c3ccccc3)c2N2CCCCC2)SC1=S. The number of rotatable bonds is 4. The molecule has 0 aliphatic carbocycles. The average molecular weight is 413 g/mol. The molecule has 146 valence electrons. The molecule has 4 rings (SSSR count). The number of para-hydroxylation sites is 1. The number of aryl methyl sites for hydroxylation is 1. The summed E-state index contributed by atoms with van der Waals surface area (Å²) in [6, 6.07) is 10.2. The van der Waals surface area contributed by atoms with Crippen LogP contribution in [0.5, 0.6) is 0 Å². The van der Waals surface area contributed by atoms with E-state index in [0.717, 1.165) is 35.9 Å².